The number of nitrogens with one attached hydrogen (secondary N) is 1. The van der Waals surface area contributed by atoms with Crippen LogP contribution in [0, 0.1) is 0 Å². The molecule has 4 nitrogen and oxygen atoms in total. The lowest BCUT2D eigenvalue weighted by molar-refractivity contribution is 0.331. The van der Waals surface area contributed by atoms with E-state index in [0.29, 0.717) is 0 Å². The summed E-state index contributed by atoms with van der Waals surface area (Å²) in [5.41, 5.74) is 0. The zero-order valence-electron chi connectivity index (χ0n) is 12.9. The third-order valence-electron chi connectivity index (χ3n) is 4.08. The van der Waals surface area contributed by atoms with E-state index in [9.17, 15) is 0 Å². The van der Waals surface area contributed by atoms with Crippen molar-refractivity contribution in [2.45, 2.75) is 45.4 Å². The highest BCUT2D eigenvalue weighted by atomic mass is 127. The number of rotatable bonds is 6. The topological polar surface area (TPSA) is 30.9 Å². The molecule has 0 spiro atoms. The number of aliphatic imine (C=N–C) groups is 1. The predicted octanol–water partition coefficient (Wildman–Crippen LogP) is 2.54. The summed E-state index contributed by atoms with van der Waals surface area (Å²) in [5, 5.41) is 3.42. The number of unbranched alkanes of at least 4 members (excludes halogenated alkanes) is 1. The van der Waals surface area contributed by atoms with Crippen molar-refractivity contribution in [3.8, 4) is 0 Å². The summed E-state index contributed by atoms with van der Waals surface area (Å²) in [5.74, 6) is 1.14. The van der Waals surface area contributed by atoms with Crippen LogP contribution >= 0.6 is 24.0 Å². The van der Waals surface area contributed by atoms with E-state index in [-0.39, 0.29) is 24.0 Å². The summed E-state index contributed by atoms with van der Waals surface area (Å²) in [6.07, 6.45) is 7.95. The van der Waals surface area contributed by atoms with Gasteiger partial charge in [0.25, 0.3) is 0 Å². The number of nitrogens with zero attached hydrogens (tertiary/aromatic N) is 3. The molecule has 2 saturated heterocycles. The molecule has 1 N–H and O–H groups in total. The molecule has 2 rings (SSSR count). The highest BCUT2D eigenvalue weighted by molar-refractivity contribution is 14.0. The molecule has 2 aliphatic heterocycles. The molecule has 0 bridgehead atoms. The Morgan fingerprint density at radius 1 is 1.00 bits per heavy atom. The molecule has 0 aliphatic carbocycles. The van der Waals surface area contributed by atoms with Gasteiger partial charge in [0.2, 0.25) is 0 Å². The standard InChI is InChI=1S/C15H30N4.HI/c1-2-16-15(19-13-7-8-14-19)17-9-3-4-10-18-11-5-6-12-18;/h2-14H2,1H3,(H,16,17);1H. The van der Waals surface area contributed by atoms with Crippen LogP contribution in [0.1, 0.15) is 45.4 Å². The molecule has 2 aliphatic rings. The minimum Gasteiger partial charge on any atom is -0.357 e. The Morgan fingerprint density at radius 3 is 2.30 bits per heavy atom. The fourth-order valence-corrected chi connectivity index (χ4v) is 2.99. The Labute approximate surface area is 141 Å². The first-order chi connectivity index (χ1) is 9.40. The van der Waals surface area contributed by atoms with Gasteiger partial charge in [0.1, 0.15) is 0 Å². The van der Waals surface area contributed by atoms with Crippen LogP contribution < -0.4 is 5.32 Å². The Bertz CT molecular complexity index is 271. The van der Waals surface area contributed by atoms with Gasteiger partial charge in [-0.2, -0.15) is 0 Å². The maximum absolute atomic E-state index is 4.77. The number of guanidine groups is 1. The van der Waals surface area contributed by atoms with Crippen LogP contribution in [0.3, 0.4) is 0 Å². The van der Waals surface area contributed by atoms with Gasteiger partial charge >= 0.3 is 0 Å². The molecule has 5 heteroatoms. The lowest BCUT2D eigenvalue weighted by atomic mass is 10.3. The molecule has 2 fully saturated rings. The molecule has 0 unspecified atom stereocenters. The van der Waals surface area contributed by atoms with Gasteiger partial charge in [0.05, 0.1) is 0 Å². The van der Waals surface area contributed by atoms with Crippen LogP contribution in [0.2, 0.25) is 0 Å². The van der Waals surface area contributed by atoms with Crippen molar-refractivity contribution in [1.82, 2.24) is 15.1 Å². The SMILES string of the molecule is CCNC(=NCCCCN1CCCC1)N1CCCC1.I. The smallest absolute Gasteiger partial charge is 0.193 e. The monoisotopic (exact) mass is 394 g/mol. The summed E-state index contributed by atoms with van der Waals surface area (Å²) in [7, 11) is 0. The molecule has 0 saturated carbocycles. The lowest BCUT2D eigenvalue weighted by Gasteiger charge is -2.20. The number of hydrogen-bond acceptors (Lipinski definition) is 2. The van der Waals surface area contributed by atoms with Crippen LogP contribution in [-0.2, 0) is 0 Å². The van der Waals surface area contributed by atoms with Crippen molar-refractivity contribution < 1.29 is 0 Å². The van der Waals surface area contributed by atoms with Crippen LogP contribution in [0.15, 0.2) is 4.99 Å². The average Bonchev–Trinajstić information content (AvgIpc) is 3.10. The third-order valence-corrected chi connectivity index (χ3v) is 4.08. The van der Waals surface area contributed by atoms with E-state index in [4.69, 9.17) is 4.99 Å². The molecule has 0 atom stereocenters. The first-order valence-electron chi connectivity index (χ1n) is 8.16. The minimum atomic E-state index is 0. The summed E-state index contributed by atoms with van der Waals surface area (Å²) in [4.78, 5) is 9.77. The second-order valence-electron chi connectivity index (χ2n) is 5.69. The van der Waals surface area contributed by atoms with E-state index < -0.39 is 0 Å². The summed E-state index contributed by atoms with van der Waals surface area (Å²) >= 11 is 0. The Kier molecular flexibility index (Phi) is 9.59. The predicted molar refractivity (Wildman–Crippen MR) is 97.1 cm³/mol. The number of hydrogen-bond donors (Lipinski definition) is 1. The van der Waals surface area contributed by atoms with Gasteiger partial charge < -0.3 is 15.1 Å². The van der Waals surface area contributed by atoms with E-state index in [2.05, 4.69) is 22.0 Å². The van der Waals surface area contributed by atoms with Gasteiger partial charge in [-0.05, 0) is 65.1 Å². The first kappa shape index (κ1) is 18.0. The van der Waals surface area contributed by atoms with Crippen LogP contribution in [-0.4, -0.2) is 61.6 Å². The highest BCUT2D eigenvalue weighted by Crippen LogP contribution is 2.09. The second-order valence-corrected chi connectivity index (χ2v) is 5.69. The van der Waals surface area contributed by atoms with E-state index in [1.54, 1.807) is 0 Å². The highest BCUT2D eigenvalue weighted by Gasteiger charge is 2.15. The molecule has 0 aromatic heterocycles. The third kappa shape index (κ3) is 6.16. The molecule has 20 heavy (non-hydrogen) atoms. The normalized spacial score (nSPS) is 20.2. The first-order valence-corrected chi connectivity index (χ1v) is 8.16. The van der Waals surface area contributed by atoms with E-state index in [1.165, 1.54) is 71.2 Å². The van der Waals surface area contributed by atoms with Crippen LogP contribution in [0.4, 0.5) is 0 Å². The zero-order valence-corrected chi connectivity index (χ0v) is 15.3. The second kappa shape index (κ2) is 10.7. The summed E-state index contributed by atoms with van der Waals surface area (Å²) in [6.45, 7) is 10.4. The van der Waals surface area contributed by atoms with Gasteiger partial charge in [-0.25, -0.2) is 0 Å². The molecule has 0 aromatic carbocycles. The van der Waals surface area contributed by atoms with Crippen molar-refractivity contribution in [3.05, 3.63) is 0 Å². The summed E-state index contributed by atoms with van der Waals surface area (Å²) < 4.78 is 0. The van der Waals surface area contributed by atoms with Crippen molar-refractivity contribution in [3.63, 3.8) is 0 Å². The fourth-order valence-electron chi connectivity index (χ4n) is 2.99. The average molecular weight is 394 g/mol. The molecule has 0 aromatic rings. The largest absolute Gasteiger partial charge is 0.357 e. The van der Waals surface area contributed by atoms with Crippen LogP contribution in [0.25, 0.3) is 0 Å². The van der Waals surface area contributed by atoms with Gasteiger partial charge in [0.15, 0.2) is 5.96 Å². The van der Waals surface area contributed by atoms with Gasteiger partial charge in [-0.15, -0.1) is 24.0 Å². The van der Waals surface area contributed by atoms with Crippen molar-refractivity contribution >= 4 is 29.9 Å². The molecule has 2 heterocycles. The maximum Gasteiger partial charge on any atom is 0.193 e. The Morgan fingerprint density at radius 2 is 1.65 bits per heavy atom. The Balaban J connectivity index is 0.00000200. The fraction of sp³-hybridized carbons (Fsp3) is 0.933. The molecule has 0 amide bonds. The van der Waals surface area contributed by atoms with E-state index in [1.807, 2.05) is 0 Å². The van der Waals surface area contributed by atoms with E-state index >= 15 is 0 Å². The van der Waals surface area contributed by atoms with Crippen molar-refractivity contribution in [1.29, 1.82) is 0 Å². The zero-order chi connectivity index (χ0) is 13.3. The van der Waals surface area contributed by atoms with Crippen molar-refractivity contribution in [2.75, 3.05) is 45.8 Å². The van der Waals surface area contributed by atoms with Gasteiger partial charge in [0, 0.05) is 26.2 Å². The molecular formula is C15H31IN4. The van der Waals surface area contributed by atoms with Gasteiger partial charge in [-0.3, -0.25) is 4.99 Å². The minimum absolute atomic E-state index is 0. The van der Waals surface area contributed by atoms with Crippen molar-refractivity contribution in [2.24, 2.45) is 4.99 Å². The Hall–Kier alpha value is -0.0400. The van der Waals surface area contributed by atoms with E-state index in [0.717, 1.165) is 19.0 Å². The number of halogens is 1. The maximum atomic E-state index is 4.77. The quantitative estimate of drug-likeness (QED) is 0.325. The lowest BCUT2D eigenvalue weighted by Crippen LogP contribution is -2.39. The van der Waals surface area contributed by atoms with Gasteiger partial charge in [-0.1, -0.05) is 0 Å². The molecule has 118 valence electrons. The number of likely N-dealkylation sites (tertiary alicyclic amines) is 2. The van der Waals surface area contributed by atoms with Crippen LogP contribution in [0.5, 0.6) is 0 Å². The molecule has 0 radical (unpaired) electrons. The summed E-state index contributed by atoms with van der Waals surface area (Å²) in [6, 6.07) is 0. The molecular weight excluding hydrogens is 363 g/mol.